The van der Waals surface area contributed by atoms with Crippen molar-refractivity contribution >= 4 is 17.3 Å². The summed E-state index contributed by atoms with van der Waals surface area (Å²) < 4.78 is 5.24. The number of hydrogen-bond donors (Lipinski definition) is 2. The molecule has 0 radical (unpaired) electrons. The number of hydrogen-bond acceptors (Lipinski definition) is 4. The van der Waals surface area contributed by atoms with Crippen molar-refractivity contribution in [1.29, 1.82) is 0 Å². The second-order valence-electron chi connectivity index (χ2n) is 5.09. The summed E-state index contributed by atoms with van der Waals surface area (Å²) in [4.78, 5) is 12.0. The Labute approximate surface area is 115 Å². The lowest BCUT2D eigenvalue weighted by molar-refractivity contribution is 0.0379. The zero-order chi connectivity index (χ0) is 14.4. The molecule has 1 rings (SSSR count). The number of rotatable bonds is 6. The van der Waals surface area contributed by atoms with Crippen molar-refractivity contribution in [2.24, 2.45) is 0 Å². The number of nitrogens with two attached hydrogens (primary N) is 1. The van der Waals surface area contributed by atoms with Gasteiger partial charge in [-0.05, 0) is 45.4 Å². The highest BCUT2D eigenvalue weighted by Gasteiger charge is 2.16. The Morgan fingerprint density at radius 3 is 2.63 bits per heavy atom. The van der Waals surface area contributed by atoms with Crippen molar-refractivity contribution in [1.82, 2.24) is 0 Å². The molecule has 19 heavy (non-hydrogen) atoms. The predicted octanol–water partition coefficient (Wildman–Crippen LogP) is 3.43. The largest absolute Gasteiger partial charge is 0.459 e. The highest BCUT2D eigenvalue weighted by atomic mass is 16.5. The van der Waals surface area contributed by atoms with Crippen LogP contribution in [0.15, 0.2) is 18.2 Å². The second-order valence-corrected chi connectivity index (χ2v) is 5.09. The molecule has 1 aromatic carbocycles. The molecule has 3 N–H and O–H groups in total. The third-order valence-electron chi connectivity index (χ3n) is 2.73. The maximum atomic E-state index is 12.0. The van der Waals surface area contributed by atoms with Gasteiger partial charge in [0, 0.05) is 17.4 Å². The molecule has 4 nitrogen and oxygen atoms in total. The molecule has 0 fully saturated rings. The number of anilines is 2. The van der Waals surface area contributed by atoms with Crippen LogP contribution in [0, 0.1) is 0 Å². The van der Waals surface area contributed by atoms with Crippen molar-refractivity contribution in [2.75, 3.05) is 11.1 Å². The summed E-state index contributed by atoms with van der Waals surface area (Å²) in [7, 11) is 0. The van der Waals surface area contributed by atoms with Crippen LogP contribution >= 0.6 is 0 Å². The van der Waals surface area contributed by atoms with Crippen LogP contribution in [0.1, 0.15) is 50.9 Å². The molecular weight excluding hydrogens is 240 g/mol. The average Bonchev–Trinajstić information content (AvgIpc) is 2.30. The van der Waals surface area contributed by atoms with Crippen LogP contribution in [0.4, 0.5) is 11.4 Å². The lowest BCUT2D eigenvalue weighted by Crippen LogP contribution is -2.19. The van der Waals surface area contributed by atoms with Crippen molar-refractivity contribution in [3.63, 3.8) is 0 Å². The standard InChI is InChI=1S/C15H24N2O2/c1-5-6-11(4)17-14-8-7-12(16)9-13(14)15(18)19-10(2)3/h7-11,17H,5-6,16H2,1-4H3/t11-/m0/s1. The molecule has 1 atom stereocenters. The van der Waals surface area contributed by atoms with Crippen LogP contribution < -0.4 is 11.1 Å². The van der Waals surface area contributed by atoms with Gasteiger partial charge in [0.15, 0.2) is 0 Å². The Morgan fingerprint density at radius 2 is 2.05 bits per heavy atom. The Hall–Kier alpha value is -1.71. The average molecular weight is 264 g/mol. The number of nitrogens with one attached hydrogen (secondary N) is 1. The van der Waals surface area contributed by atoms with E-state index in [0.29, 0.717) is 17.3 Å². The first kappa shape index (κ1) is 15.3. The first-order valence-corrected chi connectivity index (χ1v) is 6.81. The molecule has 0 saturated carbocycles. The summed E-state index contributed by atoms with van der Waals surface area (Å²) in [5.41, 5.74) is 7.59. The summed E-state index contributed by atoms with van der Waals surface area (Å²) in [6, 6.07) is 5.58. The molecule has 0 amide bonds. The zero-order valence-corrected chi connectivity index (χ0v) is 12.2. The first-order chi connectivity index (χ1) is 8.93. The molecule has 106 valence electrons. The number of benzene rings is 1. The molecule has 0 aromatic heterocycles. The third kappa shape index (κ3) is 4.81. The van der Waals surface area contributed by atoms with Crippen LogP contribution in [0.3, 0.4) is 0 Å². The van der Waals surface area contributed by atoms with E-state index in [1.807, 2.05) is 19.9 Å². The van der Waals surface area contributed by atoms with Gasteiger partial charge in [-0.25, -0.2) is 4.79 Å². The lowest BCUT2D eigenvalue weighted by Gasteiger charge is -2.18. The Morgan fingerprint density at radius 1 is 1.37 bits per heavy atom. The minimum atomic E-state index is -0.339. The summed E-state index contributed by atoms with van der Waals surface area (Å²) in [6.45, 7) is 7.89. The molecule has 1 aromatic rings. The fourth-order valence-electron chi connectivity index (χ4n) is 1.90. The molecule has 4 heteroatoms. The van der Waals surface area contributed by atoms with Crippen LogP contribution in [0.25, 0.3) is 0 Å². The topological polar surface area (TPSA) is 64.3 Å². The van der Waals surface area contributed by atoms with Gasteiger partial charge in [-0.15, -0.1) is 0 Å². The fraction of sp³-hybridized carbons (Fsp3) is 0.533. The first-order valence-electron chi connectivity index (χ1n) is 6.81. The van der Waals surface area contributed by atoms with E-state index in [1.165, 1.54) is 0 Å². The molecule has 0 unspecified atom stereocenters. The highest BCUT2D eigenvalue weighted by molar-refractivity contribution is 5.96. The molecule has 0 aliphatic heterocycles. The van der Waals surface area contributed by atoms with E-state index in [2.05, 4.69) is 19.2 Å². The molecular formula is C15H24N2O2. The van der Waals surface area contributed by atoms with Crippen molar-refractivity contribution in [3.8, 4) is 0 Å². The predicted molar refractivity (Wildman–Crippen MR) is 79.4 cm³/mol. The van der Waals surface area contributed by atoms with Gasteiger partial charge in [0.1, 0.15) is 0 Å². The number of esters is 1. The monoisotopic (exact) mass is 264 g/mol. The fourth-order valence-corrected chi connectivity index (χ4v) is 1.90. The van der Waals surface area contributed by atoms with Crippen molar-refractivity contribution in [2.45, 2.75) is 52.7 Å². The lowest BCUT2D eigenvalue weighted by atomic mass is 10.1. The van der Waals surface area contributed by atoms with Gasteiger partial charge in [-0.3, -0.25) is 0 Å². The Bertz CT molecular complexity index is 430. The van der Waals surface area contributed by atoms with Crippen molar-refractivity contribution in [3.05, 3.63) is 23.8 Å². The highest BCUT2D eigenvalue weighted by Crippen LogP contribution is 2.22. The van der Waals surface area contributed by atoms with Crippen LogP contribution in [0.2, 0.25) is 0 Å². The number of nitrogen functional groups attached to an aromatic ring is 1. The SMILES string of the molecule is CCC[C@H](C)Nc1ccc(N)cc1C(=O)OC(C)C. The van der Waals surface area contributed by atoms with Gasteiger partial charge >= 0.3 is 5.97 Å². The summed E-state index contributed by atoms with van der Waals surface area (Å²) in [5, 5.41) is 3.34. The minimum absolute atomic E-state index is 0.144. The smallest absolute Gasteiger partial charge is 0.340 e. The summed E-state index contributed by atoms with van der Waals surface area (Å²) in [5.74, 6) is -0.339. The van der Waals surface area contributed by atoms with Crippen LogP contribution in [-0.4, -0.2) is 18.1 Å². The quantitative estimate of drug-likeness (QED) is 0.610. The van der Waals surface area contributed by atoms with Gasteiger partial charge in [-0.1, -0.05) is 13.3 Å². The van der Waals surface area contributed by atoms with E-state index in [1.54, 1.807) is 12.1 Å². The van der Waals surface area contributed by atoms with Gasteiger partial charge < -0.3 is 15.8 Å². The molecule has 0 spiro atoms. The van der Waals surface area contributed by atoms with E-state index in [4.69, 9.17) is 10.5 Å². The van der Waals surface area contributed by atoms with Crippen LogP contribution in [-0.2, 0) is 4.74 Å². The zero-order valence-electron chi connectivity index (χ0n) is 12.2. The number of ether oxygens (including phenoxy) is 1. The van der Waals surface area contributed by atoms with Gasteiger partial charge in [0.2, 0.25) is 0 Å². The number of carbonyl (C=O) groups is 1. The molecule has 0 aliphatic rings. The minimum Gasteiger partial charge on any atom is -0.459 e. The van der Waals surface area contributed by atoms with E-state index >= 15 is 0 Å². The summed E-state index contributed by atoms with van der Waals surface area (Å²) in [6.07, 6.45) is 1.99. The Balaban J connectivity index is 2.94. The second kappa shape index (κ2) is 7.02. The third-order valence-corrected chi connectivity index (χ3v) is 2.73. The normalized spacial score (nSPS) is 12.3. The van der Waals surface area contributed by atoms with Crippen LogP contribution in [0.5, 0.6) is 0 Å². The van der Waals surface area contributed by atoms with Gasteiger partial charge in [0.25, 0.3) is 0 Å². The maximum Gasteiger partial charge on any atom is 0.340 e. The maximum absolute atomic E-state index is 12.0. The summed E-state index contributed by atoms with van der Waals surface area (Å²) >= 11 is 0. The van der Waals surface area contributed by atoms with E-state index in [-0.39, 0.29) is 12.1 Å². The van der Waals surface area contributed by atoms with Gasteiger partial charge in [0.05, 0.1) is 11.7 Å². The molecule has 0 heterocycles. The molecule has 0 bridgehead atoms. The molecule has 0 saturated heterocycles. The molecule has 0 aliphatic carbocycles. The van der Waals surface area contributed by atoms with Crippen molar-refractivity contribution < 1.29 is 9.53 Å². The Kier molecular flexibility index (Phi) is 5.67. The van der Waals surface area contributed by atoms with E-state index in [9.17, 15) is 4.79 Å². The van der Waals surface area contributed by atoms with E-state index < -0.39 is 0 Å². The van der Waals surface area contributed by atoms with Gasteiger partial charge in [-0.2, -0.15) is 0 Å². The number of carbonyl (C=O) groups excluding carboxylic acids is 1. The van der Waals surface area contributed by atoms with E-state index in [0.717, 1.165) is 18.5 Å².